The molecule has 7 heteroatoms. The largest absolute Gasteiger partial charge is 0.460 e. The first kappa shape index (κ1) is 22.4. The number of nitrogens with one attached hydrogen (secondary N) is 2. The van der Waals surface area contributed by atoms with Gasteiger partial charge in [0.15, 0.2) is 5.76 Å². The molecule has 2 aromatic carbocycles. The summed E-state index contributed by atoms with van der Waals surface area (Å²) in [6.45, 7) is 2.19. The van der Waals surface area contributed by atoms with Crippen molar-refractivity contribution in [1.29, 1.82) is 0 Å². The summed E-state index contributed by atoms with van der Waals surface area (Å²) < 4.78 is 5.90. The van der Waals surface area contributed by atoms with Crippen LogP contribution in [0, 0.1) is 6.92 Å². The summed E-state index contributed by atoms with van der Waals surface area (Å²) in [4.78, 5) is 37.7. The van der Waals surface area contributed by atoms with Gasteiger partial charge in [-0.3, -0.25) is 14.6 Å². The van der Waals surface area contributed by atoms with Gasteiger partial charge in [0.25, 0.3) is 11.5 Å². The highest BCUT2D eigenvalue weighted by Gasteiger charge is 2.18. The Labute approximate surface area is 211 Å². The molecule has 2 N–H and O–H groups in total. The maximum atomic E-state index is 12.9. The predicted octanol–water partition coefficient (Wildman–Crippen LogP) is 5.64. The van der Waals surface area contributed by atoms with Gasteiger partial charge in [0.2, 0.25) is 0 Å². The Morgan fingerprint density at radius 1 is 0.946 bits per heavy atom. The summed E-state index contributed by atoms with van der Waals surface area (Å²) in [5.74, 6) is 0.895. The monoisotopic (exact) mass is 486 g/mol. The number of benzene rings is 2. The summed E-state index contributed by atoms with van der Waals surface area (Å²) in [5, 5.41) is 4.45. The summed E-state index contributed by atoms with van der Waals surface area (Å²) >= 11 is 0. The Bertz CT molecular complexity index is 1840. The molecule has 0 saturated heterocycles. The van der Waals surface area contributed by atoms with Crippen LogP contribution in [-0.4, -0.2) is 20.9 Å². The molecule has 180 valence electrons. The number of amides is 1. The van der Waals surface area contributed by atoms with Crippen LogP contribution in [0.3, 0.4) is 0 Å². The average Bonchev–Trinajstić information content (AvgIpc) is 3.37. The van der Waals surface area contributed by atoms with E-state index in [1.165, 1.54) is 0 Å². The van der Waals surface area contributed by atoms with E-state index in [-0.39, 0.29) is 5.56 Å². The highest BCUT2D eigenvalue weighted by molar-refractivity contribution is 5.98. The Morgan fingerprint density at radius 2 is 1.81 bits per heavy atom. The van der Waals surface area contributed by atoms with E-state index in [0.717, 1.165) is 33.4 Å². The van der Waals surface area contributed by atoms with Crippen LogP contribution in [0.25, 0.3) is 44.5 Å². The Kier molecular flexibility index (Phi) is 5.58. The number of carbonyl (C=O) groups excluding carboxylic acids is 1. The molecule has 0 spiro atoms. The van der Waals surface area contributed by atoms with Crippen LogP contribution in [0.4, 0.5) is 0 Å². The number of pyridine rings is 3. The Hall–Kier alpha value is -5.04. The molecule has 7 nitrogen and oxygen atoms in total. The van der Waals surface area contributed by atoms with Crippen molar-refractivity contribution in [3.8, 4) is 22.6 Å². The maximum Gasteiger partial charge on any atom is 0.262 e. The van der Waals surface area contributed by atoms with Gasteiger partial charge in [-0.05, 0) is 60.5 Å². The molecule has 6 rings (SSSR count). The Balaban J connectivity index is 1.47. The van der Waals surface area contributed by atoms with Crippen LogP contribution >= 0.6 is 0 Å². The molecule has 0 aliphatic rings. The van der Waals surface area contributed by atoms with Gasteiger partial charge in [0.1, 0.15) is 22.7 Å². The number of carbonyl (C=O) groups is 1. The number of nitrogens with zero attached hydrogens (tertiary/aromatic N) is 2. The lowest BCUT2D eigenvalue weighted by molar-refractivity contribution is 0.0949. The van der Waals surface area contributed by atoms with Crippen LogP contribution < -0.4 is 10.9 Å². The maximum absolute atomic E-state index is 12.9. The second-order valence-electron chi connectivity index (χ2n) is 8.82. The van der Waals surface area contributed by atoms with Gasteiger partial charge < -0.3 is 14.7 Å². The van der Waals surface area contributed by atoms with Crippen LogP contribution in [0.5, 0.6) is 0 Å². The van der Waals surface area contributed by atoms with Crippen molar-refractivity contribution in [3.63, 3.8) is 0 Å². The molecule has 6 aromatic rings. The van der Waals surface area contributed by atoms with E-state index < -0.39 is 11.5 Å². The van der Waals surface area contributed by atoms with Crippen molar-refractivity contribution in [2.24, 2.45) is 0 Å². The quantitative estimate of drug-likeness (QED) is 0.329. The zero-order valence-corrected chi connectivity index (χ0v) is 20.0. The fourth-order valence-electron chi connectivity index (χ4n) is 4.39. The molecule has 0 saturated carbocycles. The van der Waals surface area contributed by atoms with Gasteiger partial charge in [0, 0.05) is 29.1 Å². The third kappa shape index (κ3) is 4.38. The van der Waals surface area contributed by atoms with Crippen molar-refractivity contribution in [2.45, 2.75) is 13.5 Å². The standard InChI is InChI=1S/C30H22N4O3/c1-18-9-12-26(37-18)27-23(20-10-11-25-21(14-20)8-5-13-31-25)15-22-16-24(30(36)34-28(22)33-27)29(35)32-17-19-6-3-2-4-7-19/h2-16H,17H2,1H3,(H,32,35)(H,33,34,36). The van der Waals surface area contributed by atoms with E-state index in [0.29, 0.717) is 29.0 Å². The van der Waals surface area contributed by atoms with Gasteiger partial charge in [-0.15, -0.1) is 0 Å². The van der Waals surface area contributed by atoms with E-state index >= 15 is 0 Å². The molecule has 1 amide bonds. The van der Waals surface area contributed by atoms with Gasteiger partial charge in [-0.25, -0.2) is 4.98 Å². The van der Waals surface area contributed by atoms with Crippen LogP contribution in [0.1, 0.15) is 21.7 Å². The SMILES string of the molecule is Cc1ccc(-c2nc3[nH]c(=O)c(C(=O)NCc4ccccc4)cc3cc2-c2ccc3ncccc3c2)o1. The third-order valence-electron chi connectivity index (χ3n) is 6.26. The minimum Gasteiger partial charge on any atom is -0.460 e. The van der Waals surface area contributed by atoms with E-state index in [9.17, 15) is 9.59 Å². The molecule has 37 heavy (non-hydrogen) atoms. The normalized spacial score (nSPS) is 11.2. The number of hydrogen-bond acceptors (Lipinski definition) is 5. The topological polar surface area (TPSA) is 101 Å². The highest BCUT2D eigenvalue weighted by Crippen LogP contribution is 2.35. The van der Waals surface area contributed by atoms with Crippen molar-refractivity contribution >= 4 is 27.8 Å². The molecule has 0 radical (unpaired) electrons. The average molecular weight is 487 g/mol. The molecule has 0 atom stereocenters. The molecule has 4 aromatic heterocycles. The number of hydrogen-bond donors (Lipinski definition) is 2. The molecule has 0 aliphatic carbocycles. The minimum atomic E-state index is -0.503. The lowest BCUT2D eigenvalue weighted by Crippen LogP contribution is -2.29. The molecular formula is C30H22N4O3. The highest BCUT2D eigenvalue weighted by atomic mass is 16.3. The summed E-state index contributed by atoms with van der Waals surface area (Å²) in [6.07, 6.45) is 1.76. The second kappa shape index (κ2) is 9.20. The number of H-pyrrole nitrogens is 1. The van der Waals surface area contributed by atoms with Gasteiger partial charge in [0.05, 0.1) is 5.52 Å². The van der Waals surface area contributed by atoms with Crippen molar-refractivity contribution in [1.82, 2.24) is 20.3 Å². The summed E-state index contributed by atoms with van der Waals surface area (Å²) in [7, 11) is 0. The van der Waals surface area contributed by atoms with E-state index in [1.54, 1.807) is 12.3 Å². The minimum absolute atomic E-state index is 0.0282. The lowest BCUT2D eigenvalue weighted by atomic mass is 9.99. The van der Waals surface area contributed by atoms with E-state index in [1.807, 2.05) is 85.8 Å². The predicted molar refractivity (Wildman–Crippen MR) is 143 cm³/mol. The number of aromatic nitrogens is 3. The number of furan rings is 1. The molecule has 0 bridgehead atoms. The fraction of sp³-hybridized carbons (Fsp3) is 0.0667. The molecule has 4 heterocycles. The van der Waals surface area contributed by atoms with Crippen molar-refractivity contribution in [3.05, 3.63) is 118 Å². The van der Waals surface area contributed by atoms with Gasteiger partial charge in [-0.1, -0.05) is 42.5 Å². The van der Waals surface area contributed by atoms with E-state index in [4.69, 9.17) is 9.40 Å². The number of fused-ring (bicyclic) bond motifs is 2. The zero-order chi connectivity index (χ0) is 25.4. The lowest BCUT2D eigenvalue weighted by Gasteiger charge is -2.11. The molecule has 0 unspecified atom stereocenters. The number of aryl methyl sites for hydroxylation is 1. The van der Waals surface area contributed by atoms with Crippen LogP contribution in [0.2, 0.25) is 0 Å². The van der Waals surface area contributed by atoms with Crippen LogP contribution in [-0.2, 0) is 6.54 Å². The second-order valence-corrected chi connectivity index (χ2v) is 8.82. The number of rotatable bonds is 5. The number of aromatic amines is 1. The summed E-state index contributed by atoms with van der Waals surface area (Å²) in [5.41, 5.74) is 4.06. The molecular weight excluding hydrogens is 464 g/mol. The Morgan fingerprint density at radius 3 is 2.62 bits per heavy atom. The first-order chi connectivity index (χ1) is 18.0. The molecule has 0 fully saturated rings. The third-order valence-corrected chi connectivity index (χ3v) is 6.26. The first-order valence-corrected chi connectivity index (χ1v) is 11.9. The van der Waals surface area contributed by atoms with Crippen molar-refractivity contribution < 1.29 is 9.21 Å². The first-order valence-electron chi connectivity index (χ1n) is 11.9. The fourth-order valence-corrected chi connectivity index (χ4v) is 4.39. The van der Waals surface area contributed by atoms with Gasteiger partial charge >= 0.3 is 0 Å². The van der Waals surface area contributed by atoms with Crippen molar-refractivity contribution in [2.75, 3.05) is 0 Å². The van der Waals surface area contributed by atoms with Gasteiger partial charge in [-0.2, -0.15) is 0 Å². The zero-order valence-electron chi connectivity index (χ0n) is 20.0. The van der Waals surface area contributed by atoms with Crippen LogP contribution in [0.15, 0.2) is 100 Å². The molecule has 0 aliphatic heterocycles. The smallest absolute Gasteiger partial charge is 0.262 e. The summed E-state index contributed by atoms with van der Waals surface area (Å²) in [6, 6.07) is 26.7. The van der Waals surface area contributed by atoms with E-state index in [2.05, 4.69) is 15.3 Å².